The number of aromatic nitrogens is 1. The van der Waals surface area contributed by atoms with Crippen LogP contribution in [0.15, 0.2) is 29.1 Å². The van der Waals surface area contributed by atoms with Crippen molar-refractivity contribution in [1.29, 1.82) is 10.5 Å². The molecule has 1 heterocycles. The van der Waals surface area contributed by atoms with Crippen molar-refractivity contribution in [3.63, 3.8) is 0 Å². The Morgan fingerprint density at radius 1 is 1.33 bits per heavy atom. The Bertz CT molecular complexity index is 923. The number of hydrogen-bond donors (Lipinski definition) is 0. The maximum Gasteiger partial charge on any atom is 0.268 e. The quantitative estimate of drug-likeness (QED) is 0.807. The Labute approximate surface area is 124 Å². The predicted molar refractivity (Wildman–Crippen MR) is 80.0 cm³/mol. The van der Waals surface area contributed by atoms with Crippen LogP contribution in [0.4, 0.5) is 0 Å². The molecule has 0 N–H and O–H groups in total. The Morgan fingerprint density at radius 2 is 2.00 bits per heavy atom. The van der Waals surface area contributed by atoms with Gasteiger partial charge in [0.05, 0.1) is 11.6 Å². The van der Waals surface area contributed by atoms with Crippen LogP contribution in [-0.4, -0.2) is 11.7 Å². The molecule has 2 rings (SSSR count). The van der Waals surface area contributed by atoms with Gasteiger partial charge in [0.2, 0.25) is 0 Å². The third kappa shape index (κ3) is 2.71. The first-order chi connectivity index (χ1) is 10.1. The first kappa shape index (κ1) is 14.6. The molecule has 0 bridgehead atoms. The third-order valence-corrected chi connectivity index (χ3v) is 4.07. The number of methoxy groups -OCH3 is 1. The van der Waals surface area contributed by atoms with E-state index in [1.807, 2.05) is 18.2 Å². The summed E-state index contributed by atoms with van der Waals surface area (Å²) in [5.41, 5.74) is 0.448. The Balaban J connectivity index is 2.80. The number of nitriles is 2. The van der Waals surface area contributed by atoms with Gasteiger partial charge in [0, 0.05) is 12.6 Å². The van der Waals surface area contributed by atoms with E-state index in [1.165, 1.54) is 4.57 Å². The molecule has 0 aliphatic carbocycles. The second-order valence-electron chi connectivity index (χ2n) is 4.12. The van der Waals surface area contributed by atoms with E-state index in [0.717, 1.165) is 16.9 Å². The van der Waals surface area contributed by atoms with Crippen LogP contribution < -0.4 is 19.5 Å². The molecule has 0 spiro atoms. The van der Waals surface area contributed by atoms with E-state index in [-0.39, 0.29) is 11.1 Å². The molecule has 0 radical (unpaired) electrons. The van der Waals surface area contributed by atoms with Gasteiger partial charge in [-0.1, -0.05) is 18.2 Å². The smallest absolute Gasteiger partial charge is 0.268 e. The van der Waals surface area contributed by atoms with Gasteiger partial charge in [0.25, 0.3) is 5.56 Å². The molecule has 0 saturated carbocycles. The highest BCUT2D eigenvalue weighted by Gasteiger charge is 2.06. The second-order valence-corrected chi connectivity index (χ2v) is 5.15. The average molecular weight is 297 g/mol. The topological polar surface area (TPSA) is 78.8 Å². The van der Waals surface area contributed by atoms with Gasteiger partial charge in [-0.15, -0.1) is 11.3 Å². The standard InChI is InChI=1S/C15H11N3O2S/c1-18-14(19)13(21-15(18)11(8-16)9-17)7-10-5-3-4-6-12(10)20-2/h3-7H,1-2H3. The molecule has 1 aromatic carbocycles. The third-order valence-electron chi connectivity index (χ3n) is 2.89. The van der Waals surface area contributed by atoms with E-state index in [4.69, 9.17) is 15.3 Å². The summed E-state index contributed by atoms with van der Waals surface area (Å²) in [6.07, 6.45) is 1.70. The first-order valence-electron chi connectivity index (χ1n) is 5.97. The molecule has 0 fully saturated rings. The molecule has 0 saturated heterocycles. The Kier molecular flexibility index (Phi) is 4.22. The van der Waals surface area contributed by atoms with Gasteiger partial charge in [-0.05, 0) is 12.1 Å². The molecular weight excluding hydrogens is 286 g/mol. The zero-order chi connectivity index (χ0) is 15.4. The van der Waals surface area contributed by atoms with E-state index >= 15 is 0 Å². The Hall–Kier alpha value is -2.83. The summed E-state index contributed by atoms with van der Waals surface area (Å²) >= 11 is 1.11. The molecule has 0 atom stereocenters. The lowest BCUT2D eigenvalue weighted by Gasteiger charge is -2.02. The maximum absolute atomic E-state index is 12.2. The van der Waals surface area contributed by atoms with Crippen molar-refractivity contribution in [1.82, 2.24) is 4.57 Å². The minimum Gasteiger partial charge on any atom is -0.496 e. The van der Waals surface area contributed by atoms with Crippen molar-refractivity contribution in [3.8, 4) is 17.9 Å². The fourth-order valence-corrected chi connectivity index (χ4v) is 2.86. The van der Waals surface area contributed by atoms with E-state index in [1.54, 1.807) is 38.4 Å². The SMILES string of the molecule is COc1ccccc1C=c1sc(=C(C#N)C#N)n(C)c1=O. The summed E-state index contributed by atoms with van der Waals surface area (Å²) in [5, 5.41) is 17.9. The number of benzene rings is 1. The fraction of sp³-hybridized carbons (Fsp3) is 0.133. The van der Waals surface area contributed by atoms with Crippen LogP contribution in [-0.2, 0) is 7.05 Å². The molecule has 21 heavy (non-hydrogen) atoms. The van der Waals surface area contributed by atoms with Crippen LogP contribution >= 0.6 is 11.3 Å². The van der Waals surface area contributed by atoms with Gasteiger partial charge in [0.1, 0.15) is 22.6 Å². The van der Waals surface area contributed by atoms with E-state index in [0.29, 0.717) is 14.9 Å². The van der Waals surface area contributed by atoms with Crippen molar-refractivity contribution < 1.29 is 4.74 Å². The number of nitrogens with zero attached hydrogens (tertiary/aromatic N) is 3. The molecule has 6 heteroatoms. The highest BCUT2D eigenvalue weighted by molar-refractivity contribution is 7.07. The van der Waals surface area contributed by atoms with Gasteiger partial charge < -0.3 is 9.30 Å². The molecule has 0 unspecified atom stereocenters. The van der Waals surface area contributed by atoms with Gasteiger partial charge >= 0.3 is 0 Å². The average Bonchev–Trinajstić information content (AvgIpc) is 2.78. The van der Waals surface area contributed by atoms with Crippen LogP contribution in [0, 0.1) is 22.7 Å². The number of rotatable bonds is 2. The number of thiazole rings is 1. The molecular formula is C15H11N3O2S. The molecule has 2 aromatic rings. The minimum absolute atomic E-state index is 0.0701. The molecule has 1 aromatic heterocycles. The molecule has 0 aliphatic rings. The van der Waals surface area contributed by atoms with Crippen molar-refractivity contribution >= 4 is 23.0 Å². The van der Waals surface area contributed by atoms with E-state index in [2.05, 4.69) is 0 Å². The number of ether oxygens (including phenoxy) is 1. The fourth-order valence-electron chi connectivity index (χ4n) is 1.83. The molecule has 5 nitrogen and oxygen atoms in total. The van der Waals surface area contributed by atoms with E-state index in [9.17, 15) is 4.79 Å². The summed E-state index contributed by atoms with van der Waals surface area (Å²) in [6.45, 7) is 0. The van der Waals surface area contributed by atoms with Crippen molar-refractivity contribution in [3.05, 3.63) is 49.4 Å². The van der Waals surface area contributed by atoms with Crippen molar-refractivity contribution in [2.75, 3.05) is 7.11 Å². The van der Waals surface area contributed by atoms with Gasteiger partial charge in [-0.2, -0.15) is 10.5 Å². The van der Waals surface area contributed by atoms with Crippen LogP contribution in [0.25, 0.3) is 11.6 Å². The van der Waals surface area contributed by atoms with Gasteiger partial charge in [0.15, 0.2) is 5.57 Å². The van der Waals surface area contributed by atoms with Crippen molar-refractivity contribution in [2.24, 2.45) is 7.05 Å². The minimum atomic E-state index is -0.246. The van der Waals surface area contributed by atoms with Crippen molar-refractivity contribution in [2.45, 2.75) is 0 Å². The summed E-state index contributed by atoms with van der Waals surface area (Å²) in [6, 6.07) is 10.9. The lowest BCUT2D eigenvalue weighted by Crippen LogP contribution is -2.29. The summed E-state index contributed by atoms with van der Waals surface area (Å²) in [5.74, 6) is 0.652. The van der Waals surface area contributed by atoms with Crippen LogP contribution in [0.2, 0.25) is 0 Å². The normalized spacial score (nSPS) is 10.8. The first-order valence-corrected chi connectivity index (χ1v) is 6.79. The summed E-state index contributed by atoms with van der Waals surface area (Å²) in [7, 11) is 3.10. The van der Waals surface area contributed by atoms with Gasteiger partial charge in [-0.3, -0.25) is 4.79 Å². The second kappa shape index (κ2) is 6.08. The monoisotopic (exact) mass is 297 g/mol. The highest BCUT2D eigenvalue weighted by atomic mass is 32.1. The lowest BCUT2D eigenvalue weighted by atomic mass is 10.2. The maximum atomic E-state index is 12.2. The predicted octanol–water partition coefficient (Wildman–Crippen LogP) is 0.482. The van der Waals surface area contributed by atoms with Crippen LogP contribution in [0.1, 0.15) is 5.56 Å². The zero-order valence-electron chi connectivity index (χ0n) is 11.5. The van der Waals surface area contributed by atoms with Gasteiger partial charge in [-0.25, -0.2) is 0 Å². The number of hydrogen-bond acceptors (Lipinski definition) is 5. The molecule has 0 aliphatic heterocycles. The lowest BCUT2D eigenvalue weighted by molar-refractivity contribution is 0.414. The van der Waals surface area contributed by atoms with E-state index < -0.39 is 0 Å². The molecule has 0 amide bonds. The molecule has 104 valence electrons. The summed E-state index contributed by atoms with van der Waals surface area (Å²) < 4.78 is 7.35. The number of para-hydroxylation sites is 1. The van der Waals surface area contributed by atoms with Crippen LogP contribution in [0.3, 0.4) is 0 Å². The summed E-state index contributed by atoms with van der Waals surface area (Å²) in [4.78, 5) is 12.2. The Morgan fingerprint density at radius 3 is 2.62 bits per heavy atom. The largest absolute Gasteiger partial charge is 0.496 e. The highest BCUT2D eigenvalue weighted by Crippen LogP contribution is 2.17. The van der Waals surface area contributed by atoms with Crippen LogP contribution in [0.5, 0.6) is 5.75 Å². The zero-order valence-corrected chi connectivity index (χ0v) is 12.3.